The maximum atomic E-state index is 12.1. The van der Waals surface area contributed by atoms with E-state index >= 15 is 0 Å². The van der Waals surface area contributed by atoms with E-state index < -0.39 is 0 Å². The second-order valence-electron chi connectivity index (χ2n) is 5.02. The van der Waals surface area contributed by atoms with Crippen molar-refractivity contribution in [2.75, 3.05) is 45.2 Å². The topological polar surface area (TPSA) is 44.8 Å². The minimum Gasteiger partial charge on any atom is -0.497 e. The van der Waals surface area contributed by atoms with Gasteiger partial charge >= 0.3 is 0 Å². The number of hydrogen-bond donors (Lipinski definition) is 1. The SMILES string of the molecule is CNC(C)C(=O)N1CCN(c2ccc(OC)cc2)CC1. The lowest BCUT2D eigenvalue weighted by atomic mass is 10.2. The van der Waals surface area contributed by atoms with Gasteiger partial charge in [-0.3, -0.25) is 4.79 Å². The summed E-state index contributed by atoms with van der Waals surface area (Å²) in [5.41, 5.74) is 1.18. The van der Waals surface area contributed by atoms with Gasteiger partial charge in [0.25, 0.3) is 0 Å². The molecule has 1 N–H and O–H groups in total. The van der Waals surface area contributed by atoms with Gasteiger partial charge in [0.1, 0.15) is 5.75 Å². The van der Waals surface area contributed by atoms with Crippen molar-refractivity contribution < 1.29 is 9.53 Å². The zero-order valence-corrected chi connectivity index (χ0v) is 12.4. The number of amides is 1. The zero-order valence-electron chi connectivity index (χ0n) is 12.4. The standard InChI is InChI=1S/C15H23N3O2/c1-12(16-2)15(19)18-10-8-17(9-11-18)13-4-6-14(20-3)7-5-13/h4-7,12,16H,8-11H2,1-3H3. The van der Waals surface area contributed by atoms with Crippen LogP contribution in [-0.2, 0) is 4.79 Å². The van der Waals surface area contributed by atoms with Crippen LogP contribution in [-0.4, -0.2) is 57.2 Å². The van der Waals surface area contributed by atoms with Gasteiger partial charge in [-0.1, -0.05) is 0 Å². The molecule has 0 spiro atoms. The summed E-state index contributed by atoms with van der Waals surface area (Å²) < 4.78 is 5.17. The van der Waals surface area contributed by atoms with Crippen molar-refractivity contribution in [3.63, 3.8) is 0 Å². The lowest BCUT2D eigenvalue weighted by Crippen LogP contribution is -2.53. The summed E-state index contributed by atoms with van der Waals surface area (Å²) >= 11 is 0. The Morgan fingerprint density at radius 2 is 1.80 bits per heavy atom. The Balaban J connectivity index is 1.92. The molecule has 20 heavy (non-hydrogen) atoms. The Hall–Kier alpha value is -1.75. The van der Waals surface area contributed by atoms with Crippen LogP contribution in [0.25, 0.3) is 0 Å². The second-order valence-corrected chi connectivity index (χ2v) is 5.02. The minimum atomic E-state index is -0.109. The Bertz CT molecular complexity index is 439. The molecule has 1 unspecified atom stereocenters. The van der Waals surface area contributed by atoms with Crippen molar-refractivity contribution in [3.05, 3.63) is 24.3 Å². The molecule has 5 nitrogen and oxygen atoms in total. The summed E-state index contributed by atoms with van der Waals surface area (Å²) in [6.45, 7) is 5.19. The zero-order chi connectivity index (χ0) is 14.5. The molecule has 0 radical (unpaired) electrons. The first kappa shape index (κ1) is 14.7. The van der Waals surface area contributed by atoms with Crippen LogP contribution in [0, 0.1) is 0 Å². The molecular formula is C15H23N3O2. The number of hydrogen-bond acceptors (Lipinski definition) is 4. The summed E-state index contributed by atoms with van der Waals surface area (Å²) in [7, 11) is 3.48. The van der Waals surface area contributed by atoms with Crippen LogP contribution in [0.15, 0.2) is 24.3 Å². The molecule has 1 aromatic rings. The van der Waals surface area contributed by atoms with E-state index in [-0.39, 0.29) is 11.9 Å². The summed E-state index contributed by atoms with van der Waals surface area (Å²) in [5, 5.41) is 3.00. The number of benzene rings is 1. The Labute approximate surface area is 120 Å². The van der Waals surface area contributed by atoms with Crippen molar-refractivity contribution in [2.45, 2.75) is 13.0 Å². The number of rotatable bonds is 4. The van der Waals surface area contributed by atoms with Crippen LogP contribution in [0.4, 0.5) is 5.69 Å². The highest BCUT2D eigenvalue weighted by molar-refractivity contribution is 5.81. The molecule has 0 aromatic heterocycles. The smallest absolute Gasteiger partial charge is 0.239 e. The van der Waals surface area contributed by atoms with Gasteiger partial charge in [-0.15, -0.1) is 0 Å². The number of carbonyl (C=O) groups excluding carboxylic acids is 1. The molecule has 1 fully saturated rings. The molecule has 1 aliphatic rings. The Morgan fingerprint density at radius 1 is 1.20 bits per heavy atom. The molecule has 2 rings (SSSR count). The Kier molecular flexibility index (Phi) is 4.84. The van der Waals surface area contributed by atoms with Gasteiger partial charge < -0.3 is 19.9 Å². The molecule has 1 aliphatic heterocycles. The molecular weight excluding hydrogens is 254 g/mol. The average Bonchev–Trinajstić information content (AvgIpc) is 2.53. The molecule has 5 heteroatoms. The van der Waals surface area contributed by atoms with Gasteiger partial charge in [0, 0.05) is 31.9 Å². The molecule has 1 saturated heterocycles. The fraction of sp³-hybridized carbons (Fsp3) is 0.533. The van der Waals surface area contributed by atoms with Gasteiger partial charge in [0.05, 0.1) is 13.2 Å². The molecule has 1 aromatic carbocycles. The van der Waals surface area contributed by atoms with Gasteiger partial charge in [-0.05, 0) is 38.2 Å². The monoisotopic (exact) mass is 277 g/mol. The van der Waals surface area contributed by atoms with E-state index in [0.717, 1.165) is 31.9 Å². The average molecular weight is 277 g/mol. The molecule has 0 aliphatic carbocycles. The van der Waals surface area contributed by atoms with E-state index in [1.54, 1.807) is 7.11 Å². The lowest BCUT2D eigenvalue weighted by Gasteiger charge is -2.37. The third-order valence-electron chi connectivity index (χ3n) is 3.83. The number of carbonyl (C=O) groups is 1. The van der Waals surface area contributed by atoms with Crippen LogP contribution >= 0.6 is 0 Å². The maximum absolute atomic E-state index is 12.1. The van der Waals surface area contributed by atoms with E-state index in [0.29, 0.717) is 0 Å². The Morgan fingerprint density at radius 3 is 2.30 bits per heavy atom. The molecule has 0 saturated carbocycles. The number of likely N-dealkylation sites (N-methyl/N-ethyl adjacent to an activating group) is 1. The normalized spacial score (nSPS) is 16.9. The van der Waals surface area contributed by atoms with Gasteiger partial charge in [-0.25, -0.2) is 0 Å². The van der Waals surface area contributed by atoms with Crippen molar-refractivity contribution in [2.24, 2.45) is 0 Å². The quantitative estimate of drug-likeness (QED) is 0.890. The van der Waals surface area contributed by atoms with Crippen molar-refractivity contribution in [3.8, 4) is 5.75 Å². The molecule has 110 valence electrons. The number of nitrogens with zero attached hydrogens (tertiary/aromatic N) is 2. The fourth-order valence-corrected chi connectivity index (χ4v) is 2.38. The van der Waals surface area contributed by atoms with Gasteiger partial charge in [0.2, 0.25) is 5.91 Å². The number of nitrogens with one attached hydrogen (secondary N) is 1. The predicted molar refractivity (Wildman–Crippen MR) is 80.3 cm³/mol. The summed E-state index contributed by atoms with van der Waals surface area (Å²) in [5.74, 6) is 1.05. The number of piperazine rings is 1. The van der Waals surface area contributed by atoms with Crippen LogP contribution in [0.2, 0.25) is 0 Å². The van der Waals surface area contributed by atoms with Crippen molar-refractivity contribution in [1.29, 1.82) is 0 Å². The lowest BCUT2D eigenvalue weighted by molar-refractivity contribution is -0.133. The van der Waals surface area contributed by atoms with Crippen LogP contribution in [0.3, 0.4) is 0 Å². The van der Waals surface area contributed by atoms with Crippen LogP contribution < -0.4 is 15.0 Å². The molecule has 1 amide bonds. The molecule has 1 atom stereocenters. The van der Waals surface area contributed by atoms with Crippen molar-refractivity contribution >= 4 is 11.6 Å². The summed E-state index contributed by atoms with van der Waals surface area (Å²) in [6.07, 6.45) is 0. The van der Waals surface area contributed by atoms with Crippen LogP contribution in [0.5, 0.6) is 5.75 Å². The first-order chi connectivity index (χ1) is 9.65. The highest BCUT2D eigenvalue weighted by atomic mass is 16.5. The van der Waals surface area contributed by atoms with Crippen LogP contribution in [0.1, 0.15) is 6.92 Å². The van der Waals surface area contributed by atoms with E-state index in [1.165, 1.54) is 5.69 Å². The van der Waals surface area contributed by atoms with Crippen molar-refractivity contribution in [1.82, 2.24) is 10.2 Å². The first-order valence-electron chi connectivity index (χ1n) is 7.00. The summed E-state index contributed by atoms with van der Waals surface area (Å²) in [4.78, 5) is 16.3. The van der Waals surface area contributed by atoms with Gasteiger partial charge in [-0.2, -0.15) is 0 Å². The third kappa shape index (κ3) is 3.22. The molecule has 0 bridgehead atoms. The van der Waals surface area contributed by atoms with E-state index in [1.807, 2.05) is 31.0 Å². The predicted octanol–water partition coefficient (Wildman–Crippen LogP) is 0.952. The first-order valence-corrected chi connectivity index (χ1v) is 7.00. The largest absolute Gasteiger partial charge is 0.497 e. The highest BCUT2D eigenvalue weighted by Gasteiger charge is 2.24. The molecule has 1 heterocycles. The number of anilines is 1. The fourth-order valence-electron chi connectivity index (χ4n) is 2.38. The number of methoxy groups -OCH3 is 1. The highest BCUT2D eigenvalue weighted by Crippen LogP contribution is 2.20. The maximum Gasteiger partial charge on any atom is 0.239 e. The van der Waals surface area contributed by atoms with Gasteiger partial charge in [0.15, 0.2) is 0 Å². The second kappa shape index (κ2) is 6.61. The van der Waals surface area contributed by atoms with E-state index in [4.69, 9.17) is 4.74 Å². The minimum absolute atomic E-state index is 0.109. The van der Waals surface area contributed by atoms with E-state index in [2.05, 4.69) is 22.3 Å². The third-order valence-corrected chi connectivity index (χ3v) is 3.83. The number of ether oxygens (including phenoxy) is 1. The van der Waals surface area contributed by atoms with E-state index in [9.17, 15) is 4.79 Å². The summed E-state index contributed by atoms with van der Waals surface area (Å²) in [6, 6.07) is 7.95.